The Morgan fingerprint density at radius 3 is 2.13 bits per heavy atom. The smallest absolute Gasteiger partial charge is 0.331 e. The lowest BCUT2D eigenvalue weighted by Crippen LogP contribution is -2.60. The molecule has 0 aromatic carbocycles. The van der Waals surface area contributed by atoms with Crippen molar-refractivity contribution in [2.45, 2.75) is 217 Å². The Labute approximate surface area is 450 Å². The van der Waals surface area contributed by atoms with Crippen molar-refractivity contribution in [3.8, 4) is 0 Å². The normalized spacial score (nSPS) is 37.5. The predicted octanol–water partition coefficient (Wildman–Crippen LogP) is 3.24. The van der Waals surface area contributed by atoms with Crippen LogP contribution >= 0.6 is 0 Å². The summed E-state index contributed by atoms with van der Waals surface area (Å²) in [5.74, 6) is -7.07. The molecule has 2 aliphatic rings. The number of rotatable bonds is 12. The number of carbonyl (C=O) groups excluding carboxylic acids is 2. The highest BCUT2D eigenvalue weighted by atomic mass is 16.7. The molecule has 13 N–H and O–H groups in total. The van der Waals surface area contributed by atoms with Gasteiger partial charge in [0, 0.05) is 83.0 Å². The molecular formula is C56H95N3O17. The van der Waals surface area contributed by atoms with E-state index in [2.05, 4.69) is 27.8 Å². The maximum Gasteiger partial charge on any atom is 0.331 e. The van der Waals surface area contributed by atoms with Gasteiger partial charge in [-0.25, -0.2) is 4.79 Å². The summed E-state index contributed by atoms with van der Waals surface area (Å²) >= 11 is 0. The van der Waals surface area contributed by atoms with Gasteiger partial charge in [0.25, 0.3) is 0 Å². The van der Waals surface area contributed by atoms with E-state index in [4.69, 9.17) is 14.2 Å². The van der Waals surface area contributed by atoms with Crippen LogP contribution < -0.4 is 10.6 Å². The van der Waals surface area contributed by atoms with Crippen molar-refractivity contribution in [2.75, 3.05) is 20.6 Å². The maximum atomic E-state index is 13.3. The van der Waals surface area contributed by atoms with Gasteiger partial charge in [0.1, 0.15) is 24.7 Å². The Hall–Kier alpha value is -4.06. The Kier molecular flexibility index (Phi) is 31.7. The van der Waals surface area contributed by atoms with Gasteiger partial charge < -0.3 is 81.0 Å². The fraction of sp³-hybridized carbons (Fsp3) is 0.750. The quantitative estimate of drug-likeness (QED) is 0.0333. The minimum absolute atomic E-state index is 0.0526. The summed E-state index contributed by atoms with van der Waals surface area (Å²) < 4.78 is 17.4. The van der Waals surface area contributed by atoms with E-state index in [0.29, 0.717) is 5.57 Å². The zero-order valence-corrected chi connectivity index (χ0v) is 46.1. The number of unbranched alkanes of at least 4 members (excludes halogenated alkanes) is 2. The van der Waals surface area contributed by atoms with Crippen LogP contribution in [-0.4, -0.2) is 180 Å². The molecule has 0 aromatic heterocycles. The lowest BCUT2D eigenvalue weighted by atomic mass is 9.84. The lowest BCUT2D eigenvalue weighted by molar-refractivity contribution is -0.333. The number of cyclic esters (lactones) is 1. The summed E-state index contributed by atoms with van der Waals surface area (Å²) in [5, 5.41) is 126. The standard InChI is InChI=1S/C56H95N3O17/c1-34-18-14-15-22-51(70)75-53(37(4)19-13-11-9-10-12-16-25-59-55(57-7)58-8)38(5)21-17-20-35(2)45(63)28-41(61)26-40(60)27-42(74-52(71)32-50(68)69)29-43-30-48(66)54(72)56(73,76-43)33-49(67)36(3)23-24-44(62)39(6)47(65)31-46(34)64/h9-10,14-15,17-18,20-22,34,36-49,53-54,60-67,72-73H,11-13,16,19,23-33H2,1-8H3,(H,68,69)(H2,57,58,59)/b10-9+,18-14+,21-17+,22-15+,35-20+. The molecule has 18 unspecified atom stereocenters. The number of esters is 2. The molecule has 20 heteroatoms. The van der Waals surface area contributed by atoms with Gasteiger partial charge >= 0.3 is 17.9 Å². The monoisotopic (exact) mass is 1080 g/mol. The first-order chi connectivity index (χ1) is 35.8. The molecule has 1 fully saturated rings. The van der Waals surface area contributed by atoms with Crippen LogP contribution in [0.25, 0.3) is 0 Å². The van der Waals surface area contributed by atoms with E-state index in [1.54, 1.807) is 59.0 Å². The fourth-order valence-corrected chi connectivity index (χ4v) is 9.52. The minimum atomic E-state index is -2.52. The van der Waals surface area contributed by atoms with Crippen LogP contribution in [0.4, 0.5) is 0 Å². The van der Waals surface area contributed by atoms with Crippen LogP contribution in [0.3, 0.4) is 0 Å². The molecule has 0 radical (unpaired) electrons. The van der Waals surface area contributed by atoms with E-state index in [9.17, 15) is 70.6 Å². The van der Waals surface area contributed by atoms with Gasteiger partial charge in [0.2, 0.25) is 0 Å². The number of hydrogen-bond donors (Lipinski definition) is 13. The largest absolute Gasteiger partial charge is 0.481 e. The van der Waals surface area contributed by atoms with Crippen molar-refractivity contribution in [1.82, 2.24) is 10.6 Å². The van der Waals surface area contributed by atoms with Gasteiger partial charge in [0.15, 0.2) is 11.7 Å². The number of carboxylic acid groups (broad SMARTS) is 1. The van der Waals surface area contributed by atoms with Gasteiger partial charge in [0.05, 0.1) is 54.9 Å². The molecule has 2 bridgehead atoms. The number of carbonyl (C=O) groups is 3. The second-order valence-electron chi connectivity index (χ2n) is 21.3. The molecule has 0 saturated carbocycles. The fourth-order valence-electron chi connectivity index (χ4n) is 9.52. The molecule has 0 amide bonds. The molecule has 0 aromatic rings. The number of fused-ring (bicyclic) bond motifs is 2. The third-order valence-electron chi connectivity index (χ3n) is 14.7. The van der Waals surface area contributed by atoms with Gasteiger partial charge in [-0.1, -0.05) is 83.2 Å². The van der Waals surface area contributed by atoms with Crippen molar-refractivity contribution < 1.29 is 84.8 Å². The SMILES string of the molecule is CN=C(NC)NCCC/C=C/CCCC(C)C1OC(=O)/C=C/C=C/C(C)C(O)CC(O)C(C)C(O)CCC(C)C(O)CC2(O)OC(CC(OC(=O)CC(=O)O)CC(O)CC(O)CC(O)/C(C)=C/C=C/C1C)CC(O)C2O. The van der Waals surface area contributed by atoms with E-state index in [0.717, 1.165) is 44.6 Å². The number of carboxylic acids is 1. The van der Waals surface area contributed by atoms with Crippen molar-refractivity contribution in [3.63, 3.8) is 0 Å². The second-order valence-corrected chi connectivity index (χ2v) is 21.3. The highest BCUT2D eigenvalue weighted by Gasteiger charge is 2.50. The van der Waals surface area contributed by atoms with E-state index in [1.165, 1.54) is 12.2 Å². The summed E-state index contributed by atoms with van der Waals surface area (Å²) in [6.07, 6.45) is 2.44. The Morgan fingerprint density at radius 2 is 1.47 bits per heavy atom. The molecule has 0 spiro atoms. The molecule has 436 valence electrons. The minimum Gasteiger partial charge on any atom is -0.481 e. The number of ether oxygens (including phenoxy) is 3. The number of nitrogens with one attached hydrogen (secondary N) is 2. The van der Waals surface area contributed by atoms with Crippen LogP contribution in [0.2, 0.25) is 0 Å². The summed E-state index contributed by atoms with van der Waals surface area (Å²) in [6, 6.07) is 0. The number of nitrogens with zero attached hydrogens (tertiary/aromatic N) is 1. The van der Waals surface area contributed by atoms with Crippen LogP contribution in [-0.2, 0) is 28.6 Å². The van der Waals surface area contributed by atoms with E-state index >= 15 is 0 Å². The number of aliphatic imine (C=N–C) groups is 1. The third kappa shape index (κ3) is 25.6. The van der Waals surface area contributed by atoms with Crippen LogP contribution in [0, 0.1) is 29.6 Å². The van der Waals surface area contributed by atoms with Crippen molar-refractivity contribution in [3.05, 3.63) is 60.3 Å². The maximum absolute atomic E-state index is 13.3. The summed E-state index contributed by atoms with van der Waals surface area (Å²) in [5.41, 5.74) is 0.484. The number of allylic oxidation sites excluding steroid dienone is 6. The topological polar surface area (TPSA) is 338 Å². The molecule has 76 heavy (non-hydrogen) atoms. The molecular weight excluding hydrogens is 987 g/mol. The summed E-state index contributed by atoms with van der Waals surface area (Å²) in [6.45, 7) is 11.4. The van der Waals surface area contributed by atoms with Crippen molar-refractivity contribution in [1.29, 1.82) is 0 Å². The zero-order valence-electron chi connectivity index (χ0n) is 46.1. The molecule has 0 aliphatic carbocycles. The first kappa shape index (κ1) is 68.0. The Balaban J connectivity index is 2.39. The summed E-state index contributed by atoms with van der Waals surface area (Å²) in [4.78, 5) is 41.3. The van der Waals surface area contributed by atoms with Crippen molar-refractivity contribution >= 4 is 23.9 Å². The number of aliphatic hydroxyl groups excluding tert-OH is 9. The molecule has 2 aliphatic heterocycles. The lowest BCUT2D eigenvalue weighted by Gasteiger charge is -2.45. The third-order valence-corrected chi connectivity index (χ3v) is 14.7. The van der Waals surface area contributed by atoms with Gasteiger partial charge in [-0.15, -0.1) is 0 Å². The molecule has 1 saturated heterocycles. The van der Waals surface area contributed by atoms with Crippen LogP contribution in [0.1, 0.15) is 138 Å². The number of hydrogen-bond acceptors (Lipinski definition) is 17. The van der Waals surface area contributed by atoms with E-state index < -0.39 is 128 Å². The molecule has 2 rings (SSSR count). The zero-order chi connectivity index (χ0) is 57.1. The number of guanidine groups is 1. The van der Waals surface area contributed by atoms with Gasteiger partial charge in [-0.05, 0) is 75.7 Å². The van der Waals surface area contributed by atoms with Crippen LogP contribution in [0.5, 0.6) is 0 Å². The Bertz CT molecular complexity index is 1900. The van der Waals surface area contributed by atoms with E-state index in [1.807, 2.05) is 27.0 Å². The van der Waals surface area contributed by atoms with Crippen molar-refractivity contribution in [2.24, 2.45) is 34.6 Å². The Morgan fingerprint density at radius 1 is 0.816 bits per heavy atom. The van der Waals surface area contributed by atoms with E-state index in [-0.39, 0.29) is 63.2 Å². The molecule has 20 nitrogen and oxygen atoms in total. The van der Waals surface area contributed by atoms with Gasteiger partial charge in [-0.2, -0.15) is 0 Å². The van der Waals surface area contributed by atoms with Crippen LogP contribution in [0.15, 0.2) is 65.2 Å². The highest BCUT2D eigenvalue weighted by molar-refractivity contribution is 5.90. The first-order valence-corrected chi connectivity index (χ1v) is 27.2. The number of aliphatic hydroxyl groups is 10. The highest BCUT2D eigenvalue weighted by Crippen LogP contribution is 2.36. The molecule has 18 atom stereocenters. The average Bonchev–Trinajstić information content (AvgIpc) is 3.34. The molecule has 2 heterocycles. The first-order valence-electron chi connectivity index (χ1n) is 27.2. The second kappa shape index (κ2) is 35.4. The van der Waals surface area contributed by atoms with Gasteiger partial charge in [-0.3, -0.25) is 14.6 Å². The average molecular weight is 1080 g/mol. The summed E-state index contributed by atoms with van der Waals surface area (Å²) in [7, 11) is 3.53. The number of aliphatic carboxylic acids is 1. The predicted molar refractivity (Wildman–Crippen MR) is 287 cm³/mol.